The van der Waals surface area contributed by atoms with Crippen LogP contribution in [0.5, 0.6) is 5.75 Å². The Morgan fingerprint density at radius 2 is 2.30 bits per heavy atom. The first-order valence-electron chi connectivity index (χ1n) is 5.33. The fourth-order valence-corrected chi connectivity index (χ4v) is 2.72. The van der Waals surface area contributed by atoms with E-state index in [2.05, 4.69) is 5.32 Å². The summed E-state index contributed by atoms with van der Waals surface area (Å²) in [5, 5.41) is 13.0. The van der Waals surface area contributed by atoms with E-state index in [4.69, 9.17) is 28.6 Å². The van der Waals surface area contributed by atoms with Crippen LogP contribution in [0.25, 0.3) is 6.08 Å². The Kier molecular flexibility index (Phi) is 4.64. The van der Waals surface area contributed by atoms with Crippen LogP contribution in [0.1, 0.15) is 5.56 Å². The standard InChI is InChI=1S/C12H8ClNO4S2/c13-7-3-6(1-2-8(7)18-5-10(15)16)4-9-11(17)14-12(19)20-9/h1-4H,5H2,(H,15,16)(H,14,17,19)/p-1/b9-4-. The lowest BCUT2D eigenvalue weighted by atomic mass is 10.2. The molecular formula is C12H7ClNO4S2-. The molecule has 0 atom stereocenters. The lowest BCUT2D eigenvalue weighted by molar-refractivity contribution is -0.307. The summed E-state index contributed by atoms with van der Waals surface area (Å²) < 4.78 is 5.35. The monoisotopic (exact) mass is 328 g/mol. The lowest BCUT2D eigenvalue weighted by Crippen LogP contribution is -2.28. The molecule has 1 fully saturated rings. The average Bonchev–Trinajstić information content (AvgIpc) is 2.66. The van der Waals surface area contributed by atoms with Crippen molar-refractivity contribution < 1.29 is 19.4 Å². The molecule has 1 aliphatic heterocycles. The molecule has 0 aromatic heterocycles. The third-order valence-electron chi connectivity index (χ3n) is 2.24. The smallest absolute Gasteiger partial charge is 0.263 e. The van der Waals surface area contributed by atoms with Gasteiger partial charge in [0.2, 0.25) is 0 Å². The third kappa shape index (κ3) is 3.72. The van der Waals surface area contributed by atoms with E-state index in [9.17, 15) is 14.7 Å². The van der Waals surface area contributed by atoms with Crippen LogP contribution in [-0.2, 0) is 9.59 Å². The number of carboxylic acid groups (broad SMARTS) is 1. The SMILES string of the molecule is O=C([O-])COc1ccc(/C=C2\SC(=S)NC2=O)cc1Cl. The van der Waals surface area contributed by atoms with E-state index in [0.717, 1.165) is 11.8 Å². The maximum Gasteiger partial charge on any atom is 0.263 e. The van der Waals surface area contributed by atoms with Gasteiger partial charge in [0, 0.05) is 0 Å². The molecule has 0 aliphatic carbocycles. The Bertz CT molecular complexity index is 630. The Labute approximate surface area is 128 Å². The number of aliphatic carboxylic acids is 1. The van der Waals surface area contributed by atoms with Gasteiger partial charge in [-0.15, -0.1) is 0 Å². The number of hydrogen-bond donors (Lipinski definition) is 1. The van der Waals surface area contributed by atoms with E-state index in [1.807, 2.05) is 0 Å². The molecule has 20 heavy (non-hydrogen) atoms. The number of carboxylic acids is 1. The molecule has 0 spiro atoms. The van der Waals surface area contributed by atoms with E-state index in [1.165, 1.54) is 6.07 Å². The molecule has 1 saturated heterocycles. The Balaban J connectivity index is 2.17. The van der Waals surface area contributed by atoms with Crippen LogP contribution in [0.15, 0.2) is 23.1 Å². The van der Waals surface area contributed by atoms with Crippen molar-refractivity contribution in [3.8, 4) is 5.75 Å². The third-order valence-corrected chi connectivity index (χ3v) is 3.70. The largest absolute Gasteiger partial charge is 0.546 e. The molecule has 0 radical (unpaired) electrons. The number of nitrogens with one attached hydrogen (secondary N) is 1. The molecule has 8 heteroatoms. The van der Waals surface area contributed by atoms with Gasteiger partial charge < -0.3 is 20.0 Å². The molecule has 2 rings (SSSR count). The zero-order chi connectivity index (χ0) is 14.7. The van der Waals surface area contributed by atoms with Crippen molar-refractivity contribution in [1.82, 2.24) is 5.32 Å². The Morgan fingerprint density at radius 1 is 1.55 bits per heavy atom. The van der Waals surface area contributed by atoms with E-state index < -0.39 is 12.6 Å². The molecular weight excluding hydrogens is 322 g/mol. The van der Waals surface area contributed by atoms with Crippen molar-refractivity contribution in [3.05, 3.63) is 33.7 Å². The number of benzene rings is 1. The summed E-state index contributed by atoms with van der Waals surface area (Å²) in [7, 11) is 0. The van der Waals surface area contributed by atoms with Crippen LogP contribution in [-0.4, -0.2) is 22.8 Å². The van der Waals surface area contributed by atoms with Crippen LogP contribution in [0.3, 0.4) is 0 Å². The zero-order valence-electron chi connectivity index (χ0n) is 9.84. The van der Waals surface area contributed by atoms with Crippen molar-refractivity contribution in [3.63, 3.8) is 0 Å². The Morgan fingerprint density at radius 3 is 2.85 bits per heavy atom. The average molecular weight is 329 g/mol. The van der Waals surface area contributed by atoms with Gasteiger partial charge in [-0.25, -0.2) is 0 Å². The van der Waals surface area contributed by atoms with Gasteiger partial charge in [-0.05, 0) is 23.8 Å². The highest BCUT2D eigenvalue weighted by atomic mass is 35.5. The molecule has 1 N–H and O–H groups in total. The first-order chi connectivity index (χ1) is 9.45. The van der Waals surface area contributed by atoms with Crippen LogP contribution >= 0.6 is 35.6 Å². The van der Waals surface area contributed by atoms with E-state index in [-0.39, 0.29) is 16.7 Å². The van der Waals surface area contributed by atoms with Crippen LogP contribution in [0.4, 0.5) is 0 Å². The van der Waals surface area contributed by atoms with Gasteiger partial charge in [-0.3, -0.25) is 4.79 Å². The number of thioether (sulfide) groups is 1. The zero-order valence-corrected chi connectivity index (χ0v) is 12.2. The van der Waals surface area contributed by atoms with Gasteiger partial charge in [0.25, 0.3) is 5.91 Å². The predicted molar refractivity (Wildman–Crippen MR) is 78.3 cm³/mol. The molecule has 1 amide bonds. The van der Waals surface area contributed by atoms with Crippen molar-refractivity contribution in [2.45, 2.75) is 0 Å². The summed E-state index contributed by atoms with van der Waals surface area (Å²) in [6.45, 7) is -0.577. The molecule has 1 aromatic rings. The Hall–Kier alpha value is -1.57. The molecule has 0 unspecified atom stereocenters. The van der Waals surface area contributed by atoms with Gasteiger partial charge in [-0.2, -0.15) is 0 Å². The molecule has 1 heterocycles. The molecule has 0 saturated carbocycles. The highest BCUT2D eigenvalue weighted by Crippen LogP contribution is 2.29. The maximum atomic E-state index is 11.5. The van der Waals surface area contributed by atoms with Crippen molar-refractivity contribution in [2.75, 3.05) is 6.61 Å². The minimum atomic E-state index is -1.33. The summed E-state index contributed by atoms with van der Waals surface area (Å²) in [6, 6.07) is 4.74. The predicted octanol–water partition coefficient (Wildman–Crippen LogP) is 0.957. The van der Waals surface area contributed by atoms with Gasteiger partial charge in [0.15, 0.2) is 0 Å². The van der Waals surface area contributed by atoms with Crippen molar-refractivity contribution in [2.24, 2.45) is 0 Å². The highest BCUT2D eigenvalue weighted by Gasteiger charge is 2.21. The van der Waals surface area contributed by atoms with Gasteiger partial charge >= 0.3 is 0 Å². The van der Waals surface area contributed by atoms with Crippen molar-refractivity contribution >= 4 is 57.9 Å². The molecule has 104 valence electrons. The summed E-state index contributed by atoms with van der Waals surface area (Å²) in [4.78, 5) is 22.3. The second-order valence-electron chi connectivity index (χ2n) is 3.70. The second kappa shape index (κ2) is 6.25. The topological polar surface area (TPSA) is 78.5 Å². The van der Waals surface area contributed by atoms with Gasteiger partial charge in [0.1, 0.15) is 16.7 Å². The number of halogens is 1. The van der Waals surface area contributed by atoms with E-state index in [1.54, 1.807) is 18.2 Å². The fraction of sp³-hybridized carbons (Fsp3) is 0.0833. The summed E-state index contributed by atoms with van der Waals surface area (Å²) in [5.74, 6) is -1.36. The summed E-state index contributed by atoms with van der Waals surface area (Å²) in [6.07, 6.45) is 1.63. The quantitative estimate of drug-likeness (QED) is 0.655. The van der Waals surface area contributed by atoms with Gasteiger partial charge in [-0.1, -0.05) is 41.6 Å². The van der Waals surface area contributed by atoms with E-state index in [0.29, 0.717) is 14.8 Å². The first-order valence-corrected chi connectivity index (χ1v) is 6.93. The van der Waals surface area contributed by atoms with Gasteiger partial charge in [0.05, 0.1) is 15.9 Å². The minimum absolute atomic E-state index is 0.233. The number of ether oxygens (including phenoxy) is 1. The number of carbonyl (C=O) groups excluding carboxylic acids is 2. The number of hydrogen-bond acceptors (Lipinski definition) is 6. The number of rotatable bonds is 4. The minimum Gasteiger partial charge on any atom is -0.546 e. The number of carbonyl (C=O) groups is 2. The summed E-state index contributed by atoms with van der Waals surface area (Å²) in [5.41, 5.74) is 0.679. The van der Waals surface area contributed by atoms with E-state index >= 15 is 0 Å². The normalized spacial score (nSPS) is 16.4. The fourth-order valence-electron chi connectivity index (χ4n) is 1.43. The van der Waals surface area contributed by atoms with Crippen LogP contribution in [0, 0.1) is 0 Å². The molecule has 5 nitrogen and oxygen atoms in total. The molecule has 1 aliphatic rings. The first kappa shape index (κ1) is 14.8. The maximum absolute atomic E-state index is 11.5. The summed E-state index contributed by atoms with van der Waals surface area (Å²) >= 11 is 12.0. The van der Waals surface area contributed by atoms with Crippen molar-refractivity contribution in [1.29, 1.82) is 0 Å². The highest BCUT2D eigenvalue weighted by molar-refractivity contribution is 8.26. The molecule has 1 aromatic carbocycles. The van der Waals surface area contributed by atoms with Crippen LogP contribution < -0.4 is 15.2 Å². The number of amides is 1. The number of thiocarbonyl (C=S) groups is 1. The molecule has 0 bridgehead atoms. The lowest BCUT2D eigenvalue weighted by Gasteiger charge is -2.08. The second-order valence-corrected chi connectivity index (χ2v) is 5.83. The van der Waals surface area contributed by atoms with Crippen LogP contribution in [0.2, 0.25) is 5.02 Å².